The van der Waals surface area contributed by atoms with Crippen LogP contribution in [0.5, 0.6) is 5.75 Å². The van der Waals surface area contributed by atoms with Gasteiger partial charge in [-0.1, -0.05) is 36.4 Å². The van der Waals surface area contributed by atoms with Crippen molar-refractivity contribution in [3.05, 3.63) is 65.7 Å². The number of para-hydroxylation sites is 2. The molecule has 144 valence electrons. The predicted molar refractivity (Wildman–Crippen MR) is 104 cm³/mol. The van der Waals surface area contributed by atoms with E-state index in [9.17, 15) is 14.4 Å². The summed E-state index contributed by atoms with van der Waals surface area (Å²) in [5.74, 6) is -0.826. The molecule has 3 rings (SSSR count). The Labute approximate surface area is 162 Å². The zero-order valence-corrected chi connectivity index (χ0v) is 15.6. The number of ether oxygens (including phenoxy) is 2. The SMILES string of the molecule is COCCN1C(=O)/C(=C/c2ccccc2OC)C(=O)N(c2ccccc2)C1=O. The molecule has 0 aliphatic carbocycles. The summed E-state index contributed by atoms with van der Waals surface area (Å²) < 4.78 is 10.3. The fraction of sp³-hybridized carbons (Fsp3) is 0.190. The number of methoxy groups -OCH3 is 2. The molecule has 1 heterocycles. The summed E-state index contributed by atoms with van der Waals surface area (Å²) in [4.78, 5) is 40.9. The topological polar surface area (TPSA) is 76.2 Å². The smallest absolute Gasteiger partial charge is 0.338 e. The number of barbiturate groups is 1. The van der Waals surface area contributed by atoms with Crippen LogP contribution in [0.25, 0.3) is 6.08 Å². The van der Waals surface area contributed by atoms with Gasteiger partial charge in [-0.15, -0.1) is 0 Å². The fourth-order valence-electron chi connectivity index (χ4n) is 2.90. The van der Waals surface area contributed by atoms with Gasteiger partial charge in [0.2, 0.25) is 0 Å². The second kappa shape index (κ2) is 8.49. The molecular formula is C21H20N2O5. The molecule has 0 spiro atoms. The minimum atomic E-state index is -0.699. The molecule has 0 unspecified atom stereocenters. The zero-order chi connectivity index (χ0) is 20.1. The van der Waals surface area contributed by atoms with E-state index in [1.165, 1.54) is 20.3 Å². The molecule has 1 aliphatic heterocycles. The maximum Gasteiger partial charge on any atom is 0.338 e. The van der Waals surface area contributed by atoms with Gasteiger partial charge in [0.1, 0.15) is 11.3 Å². The van der Waals surface area contributed by atoms with Crippen LogP contribution in [-0.4, -0.2) is 50.1 Å². The Balaban J connectivity index is 2.09. The van der Waals surface area contributed by atoms with E-state index in [4.69, 9.17) is 9.47 Å². The maximum atomic E-state index is 13.1. The molecule has 0 bridgehead atoms. The highest BCUT2D eigenvalue weighted by molar-refractivity contribution is 6.39. The second-order valence-electron chi connectivity index (χ2n) is 6.01. The van der Waals surface area contributed by atoms with Crippen molar-refractivity contribution in [2.45, 2.75) is 0 Å². The average Bonchev–Trinajstić information content (AvgIpc) is 2.72. The van der Waals surface area contributed by atoms with E-state index >= 15 is 0 Å². The number of rotatable bonds is 6. The summed E-state index contributed by atoms with van der Waals surface area (Å²) in [6, 6.07) is 14.8. The number of benzene rings is 2. The molecule has 0 atom stereocenters. The Kier molecular flexibility index (Phi) is 5.86. The van der Waals surface area contributed by atoms with E-state index in [2.05, 4.69) is 0 Å². The normalized spacial score (nSPS) is 16.1. The van der Waals surface area contributed by atoms with E-state index in [0.29, 0.717) is 17.0 Å². The van der Waals surface area contributed by atoms with Crippen molar-refractivity contribution < 1.29 is 23.9 Å². The van der Waals surface area contributed by atoms with Crippen molar-refractivity contribution in [3.63, 3.8) is 0 Å². The molecule has 7 nitrogen and oxygen atoms in total. The Morgan fingerprint density at radius 1 is 0.893 bits per heavy atom. The molecule has 1 saturated heterocycles. The van der Waals surface area contributed by atoms with Crippen LogP contribution in [0.2, 0.25) is 0 Å². The van der Waals surface area contributed by atoms with Crippen molar-refractivity contribution in [3.8, 4) is 5.75 Å². The lowest BCUT2D eigenvalue weighted by Crippen LogP contribution is -2.57. The fourth-order valence-corrected chi connectivity index (χ4v) is 2.90. The van der Waals surface area contributed by atoms with Gasteiger partial charge in [0.25, 0.3) is 11.8 Å². The van der Waals surface area contributed by atoms with Gasteiger partial charge in [-0.2, -0.15) is 0 Å². The van der Waals surface area contributed by atoms with E-state index in [0.717, 1.165) is 9.80 Å². The monoisotopic (exact) mass is 380 g/mol. The zero-order valence-electron chi connectivity index (χ0n) is 15.6. The largest absolute Gasteiger partial charge is 0.496 e. The molecule has 2 aromatic carbocycles. The molecule has 28 heavy (non-hydrogen) atoms. The molecule has 2 aromatic rings. The molecule has 0 radical (unpaired) electrons. The third-order valence-corrected chi connectivity index (χ3v) is 4.30. The highest BCUT2D eigenvalue weighted by Gasteiger charge is 2.42. The summed E-state index contributed by atoms with van der Waals surface area (Å²) in [5, 5.41) is 0. The van der Waals surface area contributed by atoms with Crippen LogP contribution in [0.1, 0.15) is 5.56 Å². The number of nitrogens with zero attached hydrogens (tertiary/aromatic N) is 2. The second-order valence-corrected chi connectivity index (χ2v) is 6.01. The van der Waals surface area contributed by atoms with Gasteiger partial charge in [-0.05, 0) is 24.3 Å². The Hall–Kier alpha value is -3.45. The minimum absolute atomic E-state index is 0.0358. The molecule has 1 aliphatic rings. The Bertz CT molecular complexity index is 923. The number of urea groups is 1. The van der Waals surface area contributed by atoms with Gasteiger partial charge in [0.05, 0.1) is 25.9 Å². The van der Waals surface area contributed by atoms with E-state index < -0.39 is 17.8 Å². The molecule has 0 saturated carbocycles. The Morgan fingerprint density at radius 2 is 1.57 bits per heavy atom. The third kappa shape index (κ3) is 3.65. The number of amides is 4. The van der Waals surface area contributed by atoms with E-state index in [1.54, 1.807) is 54.6 Å². The summed E-state index contributed by atoms with van der Waals surface area (Å²) in [6.45, 7) is 0.199. The van der Waals surface area contributed by atoms with Crippen molar-refractivity contribution in [1.82, 2.24) is 4.90 Å². The first-order valence-electron chi connectivity index (χ1n) is 8.67. The first-order chi connectivity index (χ1) is 13.6. The Morgan fingerprint density at radius 3 is 2.25 bits per heavy atom. The van der Waals surface area contributed by atoms with Crippen LogP contribution in [0, 0.1) is 0 Å². The molecule has 1 fully saturated rings. The first kappa shape index (κ1) is 19.3. The van der Waals surface area contributed by atoms with Crippen molar-refractivity contribution in [2.24, 2.45) is 0 Å². The van der Waals surface area contributed by atoms with Gasteiger partial charge in [-0.3, -0.25) is 14.5 Å². The standard InChI is InChI=1S/C21H20N2O5/c1-27-13-12-22-19(24)17(14-15-8-6-7-11-18(15)28-2)20(25)23(21(22)26)16-9-4-3-5-10-16/h3-11,14H,12-13H2,1-2H3/b17-14-. The molecule has 4 amide bonds. The first-order valence-corrected chi connectivity index (χ1v) is 8.67. The van der Waals surface area contributed by atoms with E-state index in [-0.39, 0.29) is 18.7 Å². The summed E-state index contributed by atoms with van der Waals surface area (Å²) in [6.07, 6.45) is 1.45. The highest BCUT2D eigenvalue weighted by atomic mass is 16.5. The third-order valence-electron chi connectivity index (χ3n) is 4.30. The van der Waals surface area contributed by atoms with Crippen molar-refractivity contribution in [2.75, 3.05) is 32.3 Å². The molecule has 7 heteroatoms. The van der Waals surface area contributed by atoms with Crippen LogP contribution in [0.4, 0.5) is 10.5 Å². The number of imide groups is 2. The van der Waals surface area contributed by atoms with Crippen LogP contribution in [0.15, 0.2) is 60.2 Å². The summed E-state index contributed by atoms with van der Waals surface area (Å²) in [7, 11) is 2.98. The lowest BCUT2D eigenvalue weighted by atomic mass is 10.0. The number of anilines is 1. The van der Waals surface area contributed by atoms with Crippen LogP contribution < -0.4 is 9.64 Å². The van der Waals surface area contributed by atoms with E-state index in [1.807, 2.05) is 0 Å². The minimum Gasteiger partial charge on any atom is -0.496 e. The highest BCUT2D eigenvalue weighted by Crippen LogP contribution is 2.27. The number of carbonyl (C=O) groups is 3. The number of hydrogen-bond donors (Lipinski definition) is 0. The predicted octanol–water partition coefficient (Wildman–Crippen LogP) is 2.72. The summed E-state index contributed by atoms with van der Waals surface area (Å²) in [5.41, 5.74) is 0.832. The van der Waals surface area contributed by atoms with Gasteiger partial charge in [0.15, 0.2) is 0 Å². The molecule has 0 N–H and O–H groups in total. The molecular weight excluding hydrogens is 360 g/mol. The van der Waals surface area contributed by atoms with Crippen molar-refractivity contribution in [1.29, 1.82) is 0 Å². The molecule has 0 aromatic heterocycles. The van der Waals surface area contributed by atoms with Crippen molar-refractivity contribution >= 4 is 29.6 Å². The van der Waals surface area contributed by atoms with Crippen LogP contribution in [0.3, 0.4) is 0 Å². The van der Waals surface area contributed by atoms with Gasteiger partial charge < -0.3 is 9.47 Å². The number of hydrogen-bond acceptors (Lipinski definition) is 5. The van der Waals surface area contributed by atoms with Gasteiger partial charge in [-0.25, -0.2) is 9.69 Å². The maximum absolute atomic E-state index is 13.1. The van der Waals surface area contributed by atoms with Gasteiger partial charge >= 0.3 is 6.03 Å². The average molecular weight is 380 g/mol. The van der Waals surface area contributed by atoms with Crippen LogP contribution in [-0.2, 0) is 14.3 Å². The number of carbonyl (C=O) groups excluding carboxylic acids is 3. The quantitative estimate of drug-likeness (QED) is 0.569. The van der Waals surface area contributed by atoms with Crippen LogP contribution >= 0.6 is 0 Å². The lowest BCUT2D eigenvalue weighted by Gasteiger charge is -2.33. The van der Waals surface area contributed by atoms with Gasteiger partial charge in [0, 0.05) is 12.7 Å². The lowest BCUT2D eigenvalue weighted by molar-refractivity contribution is -0.129. The summed E-state index contributed by atoms with van der Waals surface area (Å²) >= 11 is 0.